The van der Waals surface area contributed by atoms with Crippen molar-refractivity contribution in [2.75, 3.05) is 5.32 Å². The molecule has 0 radical (unpaired) electrons. The third-order valence-electron chi connectivity index (χ3n) is 2.83. The number of nitro groups is 1. The number of rotatable bonds is 5. The number of aromatic nitrogens is 1. The summed E-state index contributed by atoms with van der Waals surface area (Å²) < 4.78 is 0. The standard InChI is InChI=1S/C15H13N3O3/c1-2-15(19)17-13-7-6-11(14(10-13)18(20)21)9-12-5-3-4-8-16-12/h2-8,10H,1,9H2,(H,17,19). The Morgan fingerprint density at radius 2 is 2.19 bits per heavy atom. The Kier molecular flexibility index (Phi) is 4.40. The van der Waals surface area contributed by atoms with Crippen molar-refractivity contribution in [1.29, 1.82) is 0 Å². The summed E-state index contributed by atoms with van der Waals surface area (Å²) in [4.78, 5) is 26.1. The van der Waals surface area contributed by atoms with Crippen molar-refractivity contribution in [2.24, 2.45) is 0 Å². The highest BCUT2D eigenvalue weighted by molar-refractivity contribution is 5.99. The first-order chi connectivity index (χ1) is 10.1. The molecule has 2 aromatic rings. The van der Waals surface area contributed by atoms with Crippen molar-refractivity contribution in [2.45, 2.75) is 6.42 Å². The van der Waals surface area contributed by atoms with Crippen molar-refractivity contribution < 1.29 is 9.72 Å². The van der Waals surface area contributed by atoms with Crippen LogP contribution in [-0.4, -0.2) is 15.8 Å². The molecule has 21 heavy (non-hydrogen) atoms. The number of pyridine rings is 1. The molecule has 106 valence electrons. The van der Waals surface area contributed by atoms with Gasteiger partial charge in [0, 0.05) is 35.6 Å². The molecular weight excluding hydrogens is 270 g/mol. The number of benzene rings is 1. The lowest BCUT2D eigenvalue weighted by atomic mass is 10.1. The predicted octanol–water partition coefficient (Wildman–Crippen LogP) is 2.71. The second kappa shape index (κ2) is 6.42. The molecule has 1 N–H and O–H groups in total. The van der Waals surface area contributed by atoms with Crippen LogP contribution >= 0.6 is 0 Å². The number of nitro benzene ring substituents is 1. The first kappa shape index (κ1) is 14.4. The maximum atomic E-state index is 11.2. The fraction of sp³-hybridized carbons (Fsp3) is 0.0667. The number of hydrogen-bond acceptors (Lipinski definition) is 4. The molecule has 0 aliphatic rings. The van der Waals surface area contributed by atoms with Gasteiger partial charge in [0.25, 0.3) is 5.69 Å². The van der Waals surface area contributed by atoms with Crippen LogP contribution in [0, 0.1) is 10.1 Å². The first-order valence-corrected chi connectivity index (χ1v) is 6.21. The Hall–Kier alpha value is -3.02. The summed E-state index contributed by atoms with van der Waals surface area (Å²) >= 11 is 0. The van der Waals surface area contributed by atoms with E-state index in [1.54, 1.807) is 30.5 Å². The van der Waals surface area contributed by atoms with Gasteiger partial charge in [-0.3, -0.25) is 19.9 Å². The zero-order chi connectivity index (χ0) is 15.2. The number of nitrogens with one attached hydrogen (secondary N) is 1. The SMILES string of the molecule is C=CC(=O)Nc1ccc(Cc2ccccn2)c([N+](=O)[O-])c1. The molecule has 1 heterocycles. The Morgan fingerprint density at radius 1 is 1.38 bits per heavy atom. The molecular formula is C15H13N3O3. The molecule has 0 atom stereocenters. The van der Waals surface area contributed by atoms with Crippen LogP contribution in [0.5, 0.6) is 0 Å². The summed E-state index contributed by atoms with van der Waals surface area (Å²) in [5, 5.41) is 13.7. The predicted molar refractivity (Wildman–Crippen MR) is 79.0 cm³/mol. The lowest BCUT2D eigenvalue weighted by Gasteiger charge is -2.06. The summed E-state index contributed by atoms with van der Waals surface area (Å²) in [5.74, 6) is -0.415. The number of nitrogens with zero attached hydrogens (tertiary/aromatic N) is 2. The van der Waals surface area contributed by atoms with Gasteiger partial charge in [-0.15, -0.1) is 0 Å². The lowest BCUT2D eigenvalue weighted by molar-refractivity contribution is -0.385. The molecule has 0 fully saturated rings. The zero-order valence-electron chi connectivity index (χ0n) is 11.2. The van der Waals surface area contributed by atoms with Crippen LogP contribution < -0.4 is 5.32 Å². The van der Waals surface area contributed by atoms with E-state index < -0.39 is 10.8 Å². The fourth-order valence-electron chi connectivity index (χ4n) is 1.85. The Labute approximate surface area is 121 Å². The molecule has 0 saturated carbocycles. The molecule has 0 unspecified atom stereocenters. The maximum Gasteiger partial charge on any atom is 0.275 e. The topological polar surface area (TPSA) is 85.1 Å². The highest BCUT2D eigenvalue weighted by atomic mass is 16.6. The number of carbonyl (C=O) groups excluding carboxylic acids is 1. The lowest BCUT2D eigenvalue weighted by Crippen LogP contribution is -2.08. The smallest absolute Gasteiger partial charge is 0.275 e. The molecule has 0 spiro atoms. The minimum absolute atomic E-state index is 0.0532. The monoisotopic (exact) mass is 283 g/mol. The molecule has 1 aromatic heterocycles. The van der Waals surface area contributed by atoms with Crippen molar-refractivity contribution in [3.05, 3.63) is 76.6 Å². The van der Waals surface area contributed by atoms with Crippen molar-refractivity contribution in [3.63, 3.8) is 0 Å². The van der Waals surface area contributed by atoms with Crippen LogP contribution in [0.1, 0.15) is 11.3 Å². The molecule has 0 aliphatic heterocycles. The number of hydrogen-bond donors (Lipinski definition) is 1. The first-order valence-electron chi connectivity index (χ1n) is 6.21. The molecule has 1 aromatic carbocycles. The van der Waals surface area contributed by atoms with Crippen LogP contribution in [0.3, 0.4) is 0 Å². The summed E-state index contributed by atoms with van der Waals surface area (Å²) in [7, 11) is 0. The molecule has 1 amide bonds. The van der Waals surface area contributed by atoms with Gasteiger partial charge < -0.3 is 5.32 Å². The summed E-state index contributed by atoms with van der Waals surface area (Å²) in [6.45, 7) is 3.33. The fourth-order valence-corrected chi connectivity index (χ4v) is 1.85. The average molecular weight is 283 g/mol. The van der Waals surface area contributed by atoms with Gasteiger partial charge >= 0.3 is 0 Å². The van der Waals surface area contributed by atoms with Crippen molar-refractivity contribution in [3.8, 4) is 0 Å². The normalized spacial score (nSPS) is 9.90. The van der Waals surface area contributed by atoms with Gasteiger partial charge in [0.1, 0.15) is 0 Å². The van der Waals surface area contributed by atoms with Gasteiger partial charge in [-0.1, -0.05) is 12.6 Å². The highest BCUT2D eigenvalue weighted by Crippen LogP contribution is 2.25. The van der Waals surface area contributed by atoms with Crippen LogP contribution in [0.25, 0.3) is 0 Å². The second-order valence-corrected chi connectivity index (χ2v) is 4.29. The Balaban J connectivity index is 2.31. The molecule has 2 rings (SSSR count). The molecule has 0 saturated heterocycles. The molecule has 0 aliphatic carbocycles. The van der Waals surface area contributed by atoms with Gasteiger partial charge in [-0.25, -0.2) is 0 Å². The number of carbonyl (C=O) groups is 1. The van der Waals surface area contributed by atoms with E-state index in [1.165, 1.54) is 6.07 Å². The van der Waals surface area contributed by atoms with E-state index in [0.717, 1.165) is 11.8 Å². The summed E-state index contributed by atoms with van der Waals surface area (Å²) in [5.41, 5.74) is 1.58. The molecule has 6 nitrogen and oxygen atoms in total. The Bertz CT molecular complexity index is 684. The van der Waals surface area contributed by atoms with E-state index >= 15 is 0 Å². The second-order valence-electron chi connectivity index (χ2n) is 4.29. The van der Waals surface area contributed by atoms with Gasteiger partial charge in [-0.05, 0) is 30.3 Å². The van der Waals surface area contributed by atoms with Crippen LogP contribution in [0.15, 0.2) is 55.3 Å². The van der Waals surface area contributed by atoms with E-state index in [0.29, 0.717) is 17.7 Å². The van der Waals surface area contributed by atoms with Crippen LogP contribution in [0.2, 0.25) is 0 Å². The van der Waals surface area contributed by atoms with Crippen molar-refractivity contribution in [1.82, 2.24) is 4.98 Å². The molecule has 6 heteroatoms. The third kappa shape index (κ3) is 3.73. The summed E-state index contributed by atoms with van der Waals surface area (Å²) in [6.07, 6.45) is 3.10. The third-order valence-corrected chi connectivity index (χ3v) is 2.83. The largest absolute Gasteiger partial charge is 0.322 e. The van der Waals surface area contributed by atoms with Gasteiger partial charge in [0.2, 0.25) is 5.91 Å². The average Bonchev–Trinajstić information content (AvgIpc) is 2.49. The quantitative estimate of drug-likeness (QED) is 0.519. The minimum atomic E-state index is -0.470. The zero-order valence-corrected chi connectivity index (χ0v) is 11.2. The van der Waals surface area contributed by atoms with E-state index in [9.17, 15) is 14.9 Å². The highest BCUT2D eigenvalue weighted by Gasteiger charge is 2.15. The minimum Gasteiger partial charge on any atom is -0.322 e. The number of anilines is 1. The van der Waals surface area contributed by atoms with E-state index in [-0.39, 0.29) is 5.69 Å². The van der Waals surface area contributed by atoms with Crippen LogP contribution in [-0.2, 0) is 11.2 Å². The van der Waals surface area contributed by atoms with Crippen LogP contribution in [0.4, 0.5) is 11.4 Å². The number of amides is 1. The summed E-state index contributed by atoms with van der Waals surface area (Å²) in [6, 6.07) is 9.98. The van der Waals surface area contributed by atoms with Gasteiger partial charge in [0.15, 0.2) is 0 Å². The van der Waals surface area contributed by atoms with E-state index in [4.69, 9.17) is 0 Å². The Morgan fingerprint density at radius 3 is 2.81 bits per heavy atom. The van der Waals surface area contributed by atoms with Gasteiger partial charge in [-0.2, -0.15) is 0 Å². The maximum absolute atomic E-state index is 11.2. The van der Waals surface area contributed by atoms with E-state index in [2.05, 4.69) is 16.9 Å². The van der Waals surface area contributed by atoms with Crippen molar-refractivity contribution >= 4 is 17.3 Å². The molecule has 0 bridgehead atoms. The van der Waals surface area contributed by atoms with E-state index in [1.807, 2.05) is 6.07 Å². The van der Waals surface area contributed by atoms with Gasteiger partial charge in [0.05, 0.1) is 4.92 Å².